The maximum absolute atomic E-state index is 2.18. The fraction of sp³-hybridized carbons (Fsp3) is 0.474. The van der Waals surface area contributed by atoms with Crippen molar-refractivity contribution in [2.24, 2.45) is 0 Å². The van der Waals surface area contributed by atoms with Crippen LogP contribution in [0.2, 0.25) is 0 Å². The lowest BCUT2D eigenvalue weighted by molar-refractivity contribution is 1.09. The minimum Gasteiger partial charge on any atom is -0.0683 e. The fourth-order valence-electron chi connectivity index (χ4n) is 1.62. The Kier molecular flexibility index (Phi) is 13.8. The Balaban J connectivity index is 0. The standard InChI is InChI=1S/C12H12.C3H8.2C2H6/c1-9-5-3-8-12-10(2)6-4-7-11(9)12;1-3-2;2*1-2/h3-8H,1-2H3;3H2,1-2H3;2*1-2H3. The number of hydrogen-bond acceptors (Lipinski definition) is 0. The number of benzene rings is 2. The monoisotopic (exact) mass is 260 g/mol. The third-order valence-electron chi connectivity index (χ3n) is 2.36. The molecule has 0 aliphatic rings. The molecule has 0 aliphatic heterocycles. The second-order valence-corrected chi connectivity index (χ2v) is 3.95. The van der Waals surface area contributed by atoms with Crippen molar-refractivity contribution in [3.05, 3.63) is 47.5 Å². The van der Waals surface area contributed by atoms with E-state index in [1.165, 1.54) is 28.3 Å². The van der Waals surface area contributed by atoms with Gasteiger partial charge in [-0.3, -0.25) is 0 Å². The van der Waals surface area contributed by atoms with Gasteiger partial charge in [-0.1, -0.05) is 84.4 Å². The zero-order chi connectivity index (χ0) is 15.3. The van der Waals surface area contributed by atoms with E-state index in [0.29, 0.717) is 0 Å². The summed E-state index contributed by atoms with van der Waals surface area (Å²) in [7, 11) is 0. The van der Waals surface area contributed by atoms with Crippen LogP contribution >= 0.6 is 0 Å². The first-order valence-electron chi connectivity index (χ1n) is 7.65. The summed E-state index contributed by atoms with van der Waals surface area (Å²) >= 11 is 0. The highest BCUT2D eigenvalue weighted by Crippen LogP contribution is 2.20. The molecule has 0 saturated heterocycles. The minimum absolute atomic E-state index is 1.25. The van der Waals surface area contributed by atoms with Gasteiger partial charge in [0, 0.05) is 0 Å². The van der Waals surface area contributed by atoms with Crippen LogP contribution in [0.5, 0.6) is 0 Å². The summed E-state index contributed by atoms with van der Waals surface area (Å²) in [4.78, 5) is 0. The Morgan fingerprint density at radius 1 is 0.632 bits per heavy atom. The van der Waals surface area contributed by atoms with Crippen LogP contribution < -0.4 is 0 Å². The van der Waals surface area contributed by atoms with E-state index in [1.807, 2.05) is 27.7 Å². The lowest BCUT2D eigenvalue weighted by Gasteiger charge is -2.03. The van der Waals surface area contributed by atoms with Crippen molar-refractivity contribution in [2.75, 3.05) is 0 Å². The van der Waals surface area contributed by atoms with Crippen molar-refractivity contribution in [1.29, 1.82) is 0 Å². The van der Waals surface area contributed by atoms with Crippen LogP contribution in [0, 0.1) is 13.8 Å². The number of fused-ring (bicyclic) bond motifs is 1. The molecular formula is C19H32. The average molecular weight is 260 g/mol. The number of hydrogen-bond donors (Lipinski definition) is 0. The quantitative estimate of drug-likeness (QED) is 0.482. The Labute approximate surface area is 120 Å². The SMILES string of the molecule is CC.CC.CCC.Cc1cccc2c(C)cccc12. The fourth-order valence-corrected chi connectivity index (χ4v) is 1.62. The van der Waals surface area contributed by atoms with E-state index in [4.69, 9.17) is 0 Å². The van der Waals surface area contributed by atoms with Crippen LogP contribution in [0.15, 0.2) is 36.4 Å². The molecule has 2 aromatic carbocycles. The molecule has 0 aliphatic carbocycles. The van der Waals surface area contributed by atoms with Gasteiger partial charge in [-0.15, -0.1) is 0 Å². The highest BCUT2D eigenvalue weighted by molar-refractivity contribution is 5.88. The summed E-state index contributed by atoms with van der Waals surface area (Å²) in [6.45, 7) is 16.6. The number of aryl methyl sites for hydroxylation is 2. The van der Waals surface area contributed by atoms with E-state index in [1.54, 1.807) is 0 Å². The van der Waals surface area contributed by atoms with Gasteiger partial charge in [0.1, 0.15) is 0 Å². The summed E-state index contributed by atoms with van der Waals surface area (Å²) in [5.74, 6) is 0. The summed E-state index contributed by atoms with van der Waals surface area (Å²) in [6.07, 6.45) is 1.25. The van der Waals surface area contributed by atoms with Crippen molar-refractivity contribution in [2.45, 2.75) is 61.8 Å². The molecule has 0 nitrogen and oxygen atoms in total. The van der Waals surface area contributed by atoms with E-state index in [-0.39, 0.29) is 0 Å². The van der Waals surface area contributed by atoms with Gasteiger partial charge in [0.2, 0.25) is 0 Å². The van der Waals surface area contributed by atoms with E-state index in [9.17, 15) is 0 Å². The summed E-state index contributed by atoms with van der Waals surface area (Å²) in [6, 6.07) is 12.9. The second kappa shape index (κ2) is 13.1. The van der Waals surface area contributed by atoms with Gasteiger partial charge in [-0.05, 0) is 35.7 Å². The Bertz CT molecular complexity index is 386. The van der Waals surface area contributed by atoms with Gasteiger partial charge in [0.05, 0.1) is 0 Å². The van der Waals surface area contributed by atoms with Gasteiger partial charge in [0.25, 0.3) is 0 Å². The van der Waals surface area contributed by atoms with Crippen LogP contribution in [0.25, 0.3) is 10.8 Å². The predicted molar refractivity (Wildman–Crippen MR) is 92.1 cm³/mol. The van der Waals surface area contributed by atoms with Crippen molar-refractivity contribution in [3.8, 4) is 0 Å². The van der Waals surface area contributed by atoms with Crippen LogP contribution in [0.3, 0.4) is 0 Å². The van der Waals surface area contributed by atoms with E-state index >= 15 is 0 Å². The van der Waals surface area contributed by atoms with Gasteiger partial charge in [0.15, 0.2) is 0 Å². The normalized spacial score (nSPS) is 8.21. The predicted octanol–water partition coefficient (Wildman–Crippen LogP) is 6.93. The Morgan fingerprint density at radius 2 is 0.895 bits per heavy atom. The molecule has 0 saturated carbocycles. The van der Waals surface area contributed by atoms with Gasteiger partial charge < -0.3 is 0 Å². The zero-order valence-electron chi connectivity index (χ0n) is 14.2. The molecule has 0 bridgehead atoms. The molecule has 0 N–H and O–H groups in total. The first-order chi connectivity index (χ1) is 9.20. The zero-order valence-corrected chi connectivity index (χ0v) is 14.2. The molecule has 2 aromatic rings. The molecule has 0 heterocycles. The molecule has 0 unspecified atom stereocenters. The molecule has 0 fully saturated rings. The summed E-state index contributed by atoms with van der Waals surface area (Å²) in [5.41, 5.74) is 2.72. The van der Waals surface area contributed by atoms with Crippen LogP contribution in [0.1, 0.15) is 59.1 Å². The third-order valence-corrected chi connectivity index (χ3v) is 2.36. The molecule has 0 atom stereocenters. The second-order valence-electron chi connectivity index (χ2n) is 3.95. The molecule has 0 heteroatoms. The molecule has 0 amide bonds. The highest BCUT2D eigenvalue weighted by Gasteiger charge is 1.96. The maximum atomic E-state index is 2.18. The first kappa shape index (κ1) is 20.0. The molecule has 19 heavy (non-hydrogen) atoms. The van der Waals surface area contributed by atoms with Gasteiger partial charge in [-0.25, -0.2) is 0 Å². The van der Waals surface area contributed by atoms with E-state index < -0.39 is 0 Å². The Hall–Kier alpha value is -1.30. The third kappa shape index (κ3) is 7.00. The molecule has 2 rings (SSSR count). The Morgan fingerprint density at radius 3 is 1.16 bits per heavy atom. The molecule has 0 aromatic heterocycles. The summed E-state index contributed by atoms with van der Waals surface area (Å²) < 4.78 is 0. The van der Waals surface area contributed by atoms with Crippen molar-refractivity contribution >= 4 is 10.8 Å². The maximum Gasteiger partial charge on any atom is -0.0152 e. The molecular weight excluding hydrogens is 228 g/mol. The van der Waals surface area contributed by atoms with Crippen molar-refractivity contribution in [1.82, 2.24) is 0 Å². The largest absolute Gasteiger partial charge is 0.0683 e. The lowest BCUT2D eigenvalue weighted by atomic mass is 10.0. The van der Waals surface area contributed by atoms with Crippen molar-refractivity contribution in [3.63, 3.8) is 0 Å². The van der Waals surface area contributed by atoms with Crippen LogP contribution in [0.4, 0.5) is 0 Å². The van der Waals surface area contributed by atoms with Crippen molar-refractivity contribution < 1.29 is 0 Å². The van der Waals surface area contributed by atoms with E-state index in [0.717, 1.165) is 0 Å². The highest BCUT2D eigenvalue weighted by atomic mass is 14.0. The minimum atomic E-state index is 1.25. The van der Waals surface area contributed by atoms with E-state index in [2.05, 4.69) is 64.1 Å². The molecule has 0 radical (unpaired) electrons. The number of rotatable bonds is 0. The van der Waals surface area contributed by atoms with Gasteiger partial charge >= 0.3 is 0 Å². The molecule has 0 spiro atoms. The topological polar surface area (TPSA) is 0 Å². The smallest absolute Gasteiger partial charge is 0.0152 e. The lowest BCUT2D eigenvalue weighted by Crippen LogP contribution is -1.80. The van der Waals surface area contributed by atoms with Gasteiger partial charge in [-0.2, -0.15) is 0 Å². The summed E-state index contributed by atoms with van der Waals surface area (Å²) in [5, 5.41) is 2.75. The van der Waals surface area contributed by atoms with Crippen LogP contribution in [-0.2, 0) is 0 Å². The average Bonchev–Trinajstić information content (AvgIpc) is 2.46. The van der Waals surface area contributed by atoms with Crippen LogP contribution in [-0.4, -0.2) is 0 Å². The molecule has 108 valence electrons. The first-order valence-corrected chi connectivity index (χ1v) is 7.65.